The fourth-order valence-electron chi connectivity index (χ4n) is 2.52. The molecule has 1 amide bonds. The lowest BCUT2D eigenvalue weighted by Gasteiger charge is -2.21. The topological polar surface area (TPSA) is 92.3 Å². The number of amides is 1. The number of methoxy groups -OCH3 is 2. The summed E-state index contributed by atoms with van der Waals surface area (Å²) in [6, 6.07) is 0. The van der Waals surface area contributed by atoms with Gasteiger partial charge >= 0.3 is 5.97 Å². The van der Waals surface area contributed by atoms with Crippen molar-refractivity contribution in [3.05, 3.63) is 0 Å². The van der Waals surface area contributed by atoms with Gasteiger partial charge in [-0.25, -0.2) is 4.99 Å². The third kappa shape index (κ3) is 7.20. The van der Waals surface area contributed by atoms with Gasteiger partial charge in [-0.05, 0) is 12.8 Å². The monoisotopic (exact) mass is 456 g/mol. The molecule has 1 heterocycles. The van der Waals surface area contributed by atoms with Crippen LogP contribution in [0.15, 0.2) is 4.99 Å². The molecule has 8 nitrogen and oxygen atoms in total. The first-order valence-electron chi connectivity index (χ1n) is 7.90. The fraction of sp³-hybridized carbons (Fsp3) is 0.800. The zero-order valence-electron chi connectivity index (χ0n) is 14.8. The van der Waals surface area contributed by atoms with E-state index in [0.29, 0.717) is 38.7 Å². The number of ether oxygens (including phenoxy) is 2. The van der Waals surface area contributed by atoms with E-state index in [2.05, 4.69) is 15.6 Å². The molecular formula is C15H29IN4O4. The van der Waals surface area contributed by atoms with Crippen molar-refractivity contribution in [2.75, 3.05) is 53.6 Å². The third-order valence-corrected chi connectivity index (χ3v) is 3.75. The first-order valence-corrected chi connectivity index (χ1v) is 7.90. The summed E-state index contributed by atoms with van der Waals surface area (Å²) in [5, 5.41) is 5.89. The van der Waals surface area contributed by atoms with Crippen LogP contribution in [0, 0.1) is 11.8 Å². The Morgan fingerprint density at radius 2 is 1.96 bits per heavy atom. The predicted octanol–water partition coefficient (Wildman–Crippen LogP) is 0.0734. The van der Waals surface area contributed by atoms with Gasteiger partial charge < -0.3 is 25.0 Å². The van der Waals surface area contributed by atoms with Crippen LogP contribution in [0.4, 0.5) is 0 Å². The predicted molar refractivity (Wildman–Crippen MR) is 103 cm³/mol. The van der Waals surface area contributed by atoms with Gasteiger partial charge in [0.05, 0.1) is 19.6 Å². The lowest BCUT2D eigenvalue weighted by molar-refractivity contribution is -0.146. The first kappa shape index (κ1) is 22.9. The van der Waals surface area contributed by atoms with Gasteiger partial charge in [-0.3, -0.25) is 9.59 Å². The molecule has 0 aromatic rings. The van der Waals surface area contributed by atoms with Crippen molar-refractivity contribution >= 4 is 41.8 Å². The summed E-state index contributed by atoms with van der Waals surface area (Å²) >= 11 is 0. The molecular weight excluding hydrogens is 427 g/mol. The van der Waals surface area contributed by atoms with Gasteiger partial charge in [0.1, 0.15) is 6.54 Å². The van der Waals surface area contributed by atoms with Gasteiger partial charge in [0, 0.05) is 33.3 Å². The number of hydrogen-bond acceptors (Lipinski definition) is 5. The molecule has 0 aromatic carbocycles. The van der Waals surface area contributed by atoms with Crippen LogP contribution in [0.2, 0.25) is 0 Å². The number of halogens is 1. The number of aliphatic imine (C=N–C) groups is 1. The molecule has 24 heavy (non-hydrogen) atoms. The lowest BCUT2D eigenvalue weighted by Crippen LogP contribution is -2.41. The quantitative estimate of drug-likeness (QED) is 0.185. The van der Waals surface area contributed by atoms with Gasteiger partial charge in [-0.1, -0.05) is 6.92 Å². The molecule has 0 bridgehead atoms. The van der Waals surface area contributed by atoms with Crippen molar-refractivity contribution in [1.82, 2.24) is 15.5 Å². The number of esters is 1. The highest BCUT2D eigenvalue weighted by atomic mass is 127. The van der Waals surface area contributed by atoms with Crippen LogP contribution in [0.25, 0.3) is 0 Å². The average molecular weight is 456 g/mol. The Hall–Kier alpha value is -1.10. The van der Waals surface area contributed by atoms with Gasteiger partial charge in [-0.15, -0.1) is 24.0 Å². The Kier molecular flexibility index (Phi) is 11.7. The molecule has 0 aliphatic carbocycles. The number of hydrogen-bond donors (Lipinski definition) is 2. The standard InChI is InChI=1S/C15H28N4O4.HI/c1-5-16-15(18-8-13(20)17-6-7-22-3)19-9-11(2)12(10-19)14(21)23-4;/h11-12H,5-10H2,1-4H3,(H,16,18)(H,17,20);1H. The second-order valence-corrected chi connectivity index (χ2v) is 5.52. The highest BCUT2D eigenvalue weighted by Gasteiger charge is 2.36. The Bertz CT molecular complexity index is 434. The van der Waals surface area contributed by atoms with E-state index >= 15 is 0 Å². The molecule has 0 saturated carbocycles. The average Bonchev–Trinajstić information content (AvgIpc) is 2.92. The van der Waals surface area contributed by atoms with Crippen molar-refractivity contribution < 1.29 is 19.1 Å². The second kappa shape index (κ2) is 12.3. The van der Waals surface area contributed by atoms with Gasteiger partial charge in [-0.2, -0.15) is 0 Å². The number of nitrogens with one attached hydrogen (secondary N) is 2. The number of carbonyl (C=O) groups excluding carboxylic acids is 2. The highest BCUT2D eigenvalue weighted by molar-refractivity contribution is 14.0. The van der Waals surface area contributed by atoms with E-state index in [9.17, 15) is 9.59 Å². The van der Waals surface area contributed by atoms with Crippen molar-refractivity contribution in [2.24, 2.45) is 16.8 Å². The van der Waals surface area contributed by atoms with Crippen LogP contribution in [-0.2, 0) is 19.1 Å². The number of carbonyl (C=O) groups is 2. The minimum Gasteiger partial charge on any atom is -0.469 e. The van der Waals surface area contributed by atoms with E-state index in [4.69, 9.17) is 9.47 Å². The largest absolute Gasteiger partial charge is 0.469 e. The Labute approximate surface area is 160 Å². The first-order chi connectivity index (χ1) is 11.0. The third-order valence-electron chi connectivity index (χ3n) is 3.75. The summed E-state index contributed by atoms with van der Waals surface area (Å²) in [6.45, 7) is 6.90. The summed E-state index contributed by atoms with van der Waals surface area (Å²) in [4.78, 5) is 29.9. The summed E-state index contributed by atoms with van der Waals surface area (Å²) in [6.07, 6.45) is 0. The molecule has 140 valence electrons. The Morgan fingerprint density at radius 1 is 1.25 bits per heavy atom. The van der Waals surface area contributed by atoms with E-state index in [0.717, 1.165) is 0 Å². The van der Waals surface area contributed by atoms with Crippen LogP contribution in [0.5, 0.6) is 0 Å². The molecule has 0 radical (unpaired) electrons. The SMILES string of the molecule is CCNC(=NCC(=O)NCCOC)N1CC(C)C(C(=O)OC)C1.I. The molecule has 0 spiro atoms. The highest BCUT2D eigenvalue weighted by Crippen LogP contribution is 2.24. The van der Waals surface area contributed by atoms with Crippen molar-refractivity contribution in [2.45, 2.75) is 13.8 Å². The van der Waals surface area contributed by atoms with E-state index in [1.165, 1.54) is 7.11 Å². The number of nitrogens with zero attached hydrogens (tertiary/aromatic N) is 2. The molecule has 1 saturated heterocycles. The zero-order valence-corrected chi connectivity index (χ0v) is 17.2. The molecule has 1 rings (SSSR count). The summed E-state index contributed by atoms with van der Waals surface area (Å²) in [5.41, 5.74) is 0. The number of rotatable bonds is 7. The molecule has 1 aliphatic heterocycles. The molecule has 2 atom stereocenters. The smallest absolute Gasteiger partial charge is 0.310 e. The molecule has 9 heteroatoms. The Morgan fingerprint density at radius 3 is 2.54 bits per heavy atom. The number of likely N-dealkylation sites (tertiary alicyclic amines) is 1. The minimum absolute atomic E-state index is 0. The van der Waals surface area contributed by atoms with E-state index < -0.39 is 0 Å². The maximum absolute atomic E-state index is 11.8. The summed E-state index contributed by atoms with van der Waals surface area (Å²) in [7, 11) is 2.99. The maximum atomic E-state index is 11.8. The molecule has 0 aromatic heterocycles. The fourth-order valence-corrected chi connectivity index (χ4v) is 2.52. The Balaban J connectivity index is 0.00000529. The van der Waals surface area contributed by atoms with Gasteiger partial charge in [0.15, 0.2) is 5.96 Å². The molecule has 1 fully saturated rings. The van der Waals surface area contributed by atoms with Crippen LogP contribution < -0.4 is 10.6 Å². The van der Waals surface area contributed by atoms with E-state index in [1.807, 2.05) is 18.7 Å². The normalized spacial score (nSPS) is 20.3. The van der Waals surface area contributed by atoms with Crippen LogP contribution in [-0.4, -0.2) is 76.3 Å². The van der Waals surface area contributed by atoms with Crippen LogP contribution in [0.3, 0.4) is 0 Å². The van der Waals surface area contributed by atoms with Gasteiger partial charge in [0.2, 0.25) is 5.91 Å². The number of guanidine groups is 1. The lowest BCUT2D eigenvalue weighted by atomic mass is 9.99. The summed E-state index contributed by atoms with van der Waals surface area (Å²) < 4.78 is 9.72. The molecule has 1 aliphatic rings. The van der Waals surface area contributed by atoms with Crippen molar-refractivity contribution in [3.63, 3.8) is 0 Å². The summed E-state index contributed by atoms with van der Waals surface area (Å²) in [5.74, 6) is 0.302. The molecule has 2 unspecified atom stereocenters. The van der Waals surface area contributed by atoms with E-state index in [1.54, 1.807) is 7.11 Å². The maximum Gasteiger partial charge on any atom is 0.310 e. The van der Waals surface area contributed by atoms with Gasteiger partial charge in [0.25, 0.3) is 0 Å². The van der Waals surface area contributed by atoms with Crippen LogP contribution in [0.1, 0.15) is 13.8 Å². The minimum atomic E-state index is -0.201. The van der Waals surface area contributed by atoms with E-state index in [-0.39, 0.29) is 54.2 Å². The zero-order chi connectivity index (χ0) is 17.2. The van der Waals surface area contributed by atoms with Crippen molar-refractivity contribution in [3.8, 4) is 0 Å². The van der Waals surface area contributed by atoms with Crippen LogP contribution >= 0.6 is 24.0 Å². The molecule has 2 N–H and O–H groups in total. The second-order valence-electron chi connectivity index (χ2n) is 5.52. The van der Waals surface area contributed by atoms with Crippen molar-refractivity contribution in [1.29, 1.82) is 0 Å².